The van der Waals surface area contributed by atoms with Crippen LogP contribution >= 0.6 is 11.3 Å². The molecule has 0 aliphatic carbocycles. The lowest BCUT2D eigenvalue weighted by molar-refractivity contribution is 0.101. The Morgan fingerprint density at radius 3 is 2.41 bits per heavy atom. The highest BCUT2D eigenvalue weighted by Gasteiger charge is 2.21. The number of carbonyl (C=O) groups excluding carboxylic acids is 1. The van der Waals surface area contributed by atoms with Crippen molar-refractivity contribution in [3.05, 3.63) is 45.5 Å². The molecular weight excluding hydrogens is 232 g/mol. The van der Waals surface area contributed by atoms with Gasteiger partial charge < -0.3 is 4.42 Å². The molecule has 0 spiro atoms. The standard InChI is InChI=1S/C14H16O2S/c1-9-7-8-16-13(9)12(15)10-5-6-11(17-10)14(2,3)4/h5-8H,1-4H3. The Bertz CT molecular complexity index is 541. The van der Waals surface area contributed by atoms with Crippen LogP contribution in [0.3, 0.4) is 0 Å². The van der Waals surface area contributed by atoms with E-state index in [9.17, 15) is 4.79 Å². The van der Waals surface area contributed by atoms with Gasteiger partial charge in [0.05, 0.1) is 11.1 Å². The van der Waals surface area contributed by atoms with E-state index in [2.05, 4.69) is 20.8 Å². The van der Waals surface area contributed by atoms with E-state index in [0.717, 1.165) is 10.4 Å². The molecule has 0 saturated carbocycles. The minimum absolute atomic E-state index is 0.0204. The third-order valence-electron chi connectivity index (χ3n) is 2.64. The fourth-order valence-corrected chi connectivity index (χ4v) is 2.58. The maximum Gasteiger partial charge on any atom is 0.238 e. The summed E-state index contributed by atoms with van der Waals surface area (Å²) < 4.78 is 5.23. The zero-order valence-electron chi connectivity index (χ0n) is 10.5. The SMILES string of the molecule is Cc1ccoc1C(=O)c1ccc(C(C)(C)C)s1. The van der Waals surface area contributed by atoms with E-state index >= 15 is 0 Å². The minimum Gasteiger partial charge on any atom is -0.461 e. The highest BCUT2D eigenvalue weighted by Crippen LogP contribution is 2.31. The Morgan fingerprint density at radius 1 is 1.24 bits per heavy atom. The summed E-state index contributed by atoms with van der Waals surface area (Å²) in [6, 6.07) is 5.72. The Balaban J connectivity index is 2.33. The monoisotopic (exact) mass is 248 g/mol. The summed E-state index contributed by atoms with van der Waals surface area (Å²) in [7, 11) is 0. The minimum atomic E-state index is -0.0204. The van der Waals surface area contributed by atoms with Crippen molar-refractivity contribution < 1.29 is 9.21 Å². The summed E-state index contributed by atoms with van der Waals surface area (Å²) in [4.78, 5) is 14.1. The van der Waals surface area contributed by atoms with Crippen LogP contribution in [0.25, 0.3) is 0 Å². The molecule has 0 unspecified atom stereocenters. The third-order valence-corrected chi connectivity index (χ3v) is 4.15. The van der Waals surface area contributed by atoms with Gasteiger partial charge in [-0.25, -0.2) is 0 Å². The van der Waals surface area contributed by atoms with Gasteiger partial charge in [-0.1, -0.05) is 20.8 Å². The number of carbonyl (C=O) groups is 1. The number of aryl methyl sites for hydroxylation is 1. The predicted octanol–water partition coefficient (Wildman–Crippen LogP) is 4.18. The molecule has 0 aliphatic rings. The van der Waals surface area contributed by atoms with Crippen LogP contribution in [0.2, 0.25) is 0 Å². The number of ketones is 1. The highest BCUT2D eigenvalue weighted by molar-refractivity contribution is 7.14. The molecule has 2 heterocycles. The molecule has 2 rings (SSSR count). The third kappa shape index (κ3) is 2.34. The van der Waals surface area contributed by atoms with Gasteiger partial charge >= 0.3 is 0 Å². The lowest BCUT2D eigenvalue weighted by Crippen LogP contribution is -2.08. The van der Waals surface area contributed by atoms with E-state index in [4.69, 9.17) is 4.42 Å². The number of rotatable bonds is 2. The van der Waals surface area contributed by atoms with Gasteiger partial charge in [-0.3, -0.25) is 4.79 Å². The maximum absolute atomic E-state index is 12.2. The number of hydrogen-bond acceptors (Lipinski definition) is 3. The summed E-state index contributed by atoms with van der Waals surface area (Å²) in [6.07, 6.45) is 1.56. The largest absolute Gasteiger partial charge is 0.461 e. The summed E-state index contributed by atoms with van der Waals surface area (Å²) in [5.41, 5.74) is 0.974. The van der Waals surface area contributed by atoms with Gasteiger partial charge in [-0.15, -0.1) is 11.3 Å². The molecule has 2 aromatic rings. The van der Waals surface area contributed by atoms with Crippen molar-refractivity contribution in [2.75, 3.05) is 0 Å². The fraction of sp³-hybridized carbons (Fsp3) is 0.357. The van der Waals surface area contributed by atoms with Gasteiger partial charge in [0.2, 0.25) is 5.78 Å². The maximum atomic E-state index is 12.2. The zero-order chi connectivity index (χ0) is 12.6. The normalized spacial score (nSPS) is 11.8. The van der Waals surface area contributed by atoms with E-state index in [1.54, 1.807) is 17.6 Å². The summed E-state index contributed by atoms with van der Waals surface area (Å²) >= 11 is 1.55. The molecule has 2 nitrogen and oxygen atoms in total. The average Bonchev–Trinajstić information content (AvgIpc) is 2.83. The number of hydrogen-bond donors (Lipinski definition) is 0. The van der Waals surface area contributed by atoms with Crippen LogP contribution in [0.4, 0.5) is 0 Å². The average molecular weight is 248 g/mol. The van der Waals surface area contributed by atoms with Crippen molar-refractivity contribution in [3.8, 4) is 0 Å². The van der Waals surface area contributed by atoms with Crippen LogP contribution in [0.15, 0.2) is 28.9 Å². The van der Waals surface area contributed by atoms with Crippen molar-refractivity contribution in [2.45, 2.75) is 33.1 Å². The van der Waals surface area contributed by atoms with Crippen molar-refractivity contribution in [1.82, 2.24) is 0 Å². The van der Waals surface area contributed by atoms with Crippen molar-refractivity contribution in [2.24, 2.45) is 0 Å². The van der Waals surface area contributed by atoms with Crippen LogP contribution in [0.1, 0.15) is 46.6 Å². The summed E-state index contributed by atoms with van der Waals surface area (Å²) in [5, 5.41) is 0. The molecule has 0 atom stereocenters. The van der Waals surface area contributed by atoms with Crippen molar-refractivity contribution in [1.29, 1.82) is 0 Å². The first-order chi connectivity index (χ1) is 7.89. The first-order valence-electron chi connectivity index (χ1n) is 5.58. The number of thiophene rings is 1. The predicted molar refractivity (Wildman–Crippen MR) is 69.9 cm³/mol. The molecule has 0 aliphatic heterocycles. The summed E-state index contributed by atoms with van der Waals surface area (Å²) in [6.45, 7) is 8.32. The molecule has 0 radical (unpaired) electrons. The lowest BCUT2D eigenvalue weighted by atomic mass is 9.95. The molecule has 0 aromatic carbocycles. The molecule has 2 aromatic heterocycles. The topological polar surface area (TPSA) is 30.2 Å². The van der Waals surface area contributed by atoms with E-state index in [0.29, 0.717) is 5.76 Å². The zero-order valence-corrected chi connectivity index (χ0v) is 11.4. The first kappa shape index (κ1) is 12.1. The molecular formula is C14H16O2S. The van der Waals surface area contributed by atoms with Gasteiger partial charge in [0.15, 0.2) is 5.76 Å². The van der Waals surface area contributed by atoms with Crippen LogP contribution in [0, 0.1) is 6.92 Å². The van der Waals surface area contributed by atoms with Crippen LogP contribution in [-0.4, -0.2) is 5.78 Å². The van der Waals surface area contributed by atoms with E-state index in [-0.39, 0.29) is 11.2 Å². The van der Waals surface area contributed by atoms with Gasteiger partial charge in [0.25, 0.3) is 0 Å². The van der Waals surface area contributed by atoms with Crippen molar-refractivity contribution >= 4 is 17.1 Å². The van der Waals surface area contributed by atoms with E-state index < -0.39 is 0 Å². The molecule has 3 heteroatoms. The highest BCUT2D eigenvalue weighted by atomic mass is 32.1. The second-order valence-electron chi connectivity index (χ2n) is 5.18. The molecule has 90 valence electrons. The quantitative estimate of drug-likeness (QED) is 0.746. The molecule has 0 fully saturated rings. The summed E-state index contributed by atoms with van der Waals surface area (Å²) in [5.74, 6) is 0.431. The van der Waals surface area contributed by atoms with Gasteiger partial charge in [0, 0.05) is 4.88 Å². The number of furan rings is 1. The first-order valence-corrected chi connectivity index (χ1v) is 6.40. The van der Waals surface area contributed by atoms with Gasteiger partial charge in [-0.05, 0) is 36.1 Å². The molecule has 0 N–H and O–H groups in total. The second-order valence-corrected chi connectivity index (χ2v) is 6.26. The van der Waals surface area contributed by atoms with Crippen LogP contribution < -0.4 is 0 Å². The fourth-order valence-electron chi connectivity index (χ4n) is 1.58. The van der Waals surface area contributed by atoms with E-state index in [1.165, 1.54) is 4.88 Å². The van der Waals surface area contributed by atoms with Crippen LogP contribution in [0.5, 0.6) is 0 Å². The molecule has 17 heavy (non-hydrogen) atoms. The van der Waals surface area contributed by atoms with Crippen LogP contribution in [-0.2, 0) is 5.41 Å². The smallest absolute Gasteiger partial charge is 0.238 e. The van der Waals surface area contributed by atoms with Crippen molar-refractivity contribution in [3.63, 3.8) is 0 Å². The van der Waals surface area contributed by atoms with Gasteiger partial charge in [-0.2, -0.15) is 0 Å². The van der Waals surface area contributed by atoms with E-state index in [1.807, 2.05) is 25.1 Å². The second kappa shape index (κ2) is 4.15. The Morgan fingerprint density at radius 2 is 1.94 bits per heavy atom. The Hall–Kier alpha value is -1.35. The molecule has 0 amide bonds. The molecule has 0 saturated heterocycles. The Labute approximate surface area is 105 Å². The molecule has 0 bridgehead atoms. The Kier molecular flexibility index (Phi) is 2.96. The lowest BCUT2D eigenvalue weighted by Gasteiger charge is -2.15. The van der Waals surface area contributed by atoms with Gasteiger partial charge in [0.1, 0.15) is 0 Å².